The van der Waals surface area contributed by atoms with Crippen LogP contribution in [-0.2, 0) is 14.8 Å². The van der Waals surface area contributed by atoms with Crippen LogP contribution >= 0.6 is 27.5 Å². The zero-order chi connectivity index (χ0) is 16.5. The van der Waals surface area contributed by atoms with E-state index in [2.05, 4.69) is 15.9 Å². The highest BCUT2D eigenvalue weighted by molar-refractivity contribution is 9.10. The summed E-state index contributed by atoms with van der Waals surface area (Å²) in [5.74, 6) is -1.56. The molecule has 0 aromatic heterocycles. The number of rotatable bonds is 4. The van der Waals surface area contributed by atoms with E-state index >= 15 is 0 Å². The zero-order valence-corrected chi connectivity index (χ0v) is 14.7. The third kappa shape index (κ3) is 3.65. The first kappa shape index (κ1) is 18.1. The van der Waals surface area contributed by atoms with Crippen LogP contribution in [0, 0.1) is 5.82 Å². The summed E-state index contributed by atoms with van der Waals surface area (Å²) >= 11 is 8.77. The minimum absolute atomic E-state index is 0.0418. The molecule has 118 valence electrons. The Balaban J connectivity index is 3.29. The van der Waals surface area contributed by atoms with E-state index in [9.17, 15) is 17.6 Å². The molecule has 0 bridgehead atoms. The van der Waals surface area contributed by atoms with Gasteiger partial charge in [-0.2, -0.15) is 4.31 Å². The van der Waals surface area contributed by atoms with E-state index in [0.29, 0.717) is 0 Å². The number of hydrogen-bond donors (Lipinski definition) is 1. The van der Waals surface area contributed by atoms with Crippen LogP contribution in [0.4, 0.5) is 10.1 Å². The van der Waals surface area contributed by atoms with Gasteiger partial charge in [0, 0.05) is 21.1 Å². The van der Waals surface area contributed by atoms with Crippen LogP contribution in [0.3, 0.4) is 0 Å². The molecule has 6 nitrogen and oxygen atoms in total. The molecule has 0 heterocycles. The number of likely N-dealkylation sites (N-methyl/N-ethyl adjacent to an activating group) is 2. The lowest BCUT2D eigenvalue weighted by molar-refractivity contribution is -0.128. The number of amides is 1. The largest absolute Gasteiger partial charge is 0.395 e. The van der Waals surface area contributed by atoms with Gasteiger partial charge in [0.15, 0.2) is 5.82 Å². The van der Waals surface area contributed by atoms with Crippen molar-refractivity contribution in [2.24, 2.45) is 0 Å². The van der Waals surface area contributed by atoms with Crippen molar-refractivity contribution in [1.29, 1.82) is 0 Å². The fraction of sp³-hybridized carbons (Fsp3) is 0.364. The van der Waals surface area contributed by atoms with Gasteiger partial charge in [-0.15, -0.1) is 0 Å². The molecule has 1 rings (SSSR count). The van der Waals surface area contributed by atoms with E-state index in [-0.39, 0.29) is 9.50 Å². The maximum Gasteiger partial charge on any atom is 0.246 e. The molecule has 0 atom stereocenters. The Labute approximate surface area is 135 Å². The predicted octanol–water partition coefficient (Wildman–Crippen LogP) is 1.53. The molecule has 21 heavy (non-hydrogen) atoms. The maximum absolute atomic E-state index is 14.1. The molecule has 0 aliphatic rings. The van der Waals surface area contributed by atoms with Crippen LogP contribution in [0.1, 0.15) is 0 Å². The molecule has 0 aliphatic heterocycles. The molecule has 0 saturated carbocycles. The SMILES string of the molecule is CN(C)C(=O)CN(C)S(=O)(=O)c1cc(Cl)c(Br)c(N)c1F. The number of hydrogen-bond acceptors (Lipinski definition) is 4. The molecular formula is C11H14BrClFN3O3S. The second-order valence-electron chi connectivity index (χ2n) is 4.45. The fourth-order valence-corrected chi connectivity index (χ4v) is 3.16. The highest BCUT2D eigenvalue weighted by Crippen LogP contribution is 2.35. The predicted molar refractivity (Wildman–Crippen MR) is 82.0 cm³/mol. The molecule has 1 aromatic rings. The lowest BCUT2D eigenvalue weighted by Crippen LogP contribution is -2.38. The van der Waals surface area contributed by atoms with Crippen molar-refractivity contribution in [3.63, 3.8) is 0 Å². The number of carbonyl (C=O) groups is 1. The van der Waals surface area contributed by atoms with E-state index in [0.717, 1.165) is 10.4 Å². The number of anilines is 1. The highest BCUT2D eigenvalue weighted by atomic mass is 79.9. The Morgan fingerprint density at radius 2 is 1.95 bits per heavy atom. The van der Waals surface area contributed by atoms with Gasteiger partial charge >= 0.3 is 0 Å². The Bertz CT molecular complexity index is 682. The number of nitrogens with two attached hydrogens (primary N) is 1. The minimum atomic E-state index is -4.23. The molecule has 0 spiro atoms. The van der Waals surface area contributed by atoms with Crippen molar-refractivity contribution in [2.45, 2.75) is 4.90 Å². The molecule has 0 radical (unpaired) electrons. The summed E-state index contributed by atoms with van der Waals surface area (Å²) < 4.78 is 39.5. The summed E-state index contributed by atoms with van der Waals surface area (Å²) in [6, 6.07) is 0.948. The molecule has 0 fully saturated rings. The van der Waals surface area contributed by atoms with Crippen molar-refractivity contribution >= 4 is 49.1 Å². The zero-order valence-electron chi connectivity index (χ0n) is 11.5. The average Bonchev–Trinajstić information content (AvgIpc) is 2.39. The smallest absolute Gasteiger partial charge is 0.246 e. The molecule has 0 unspecified atom stereocenters. The molecule has 2 N–H and O–H groups in total. The summed E-state index contributed by atoms with van der Waals surface area (Å²) in [6.07, 6.45) is 0. The number of nitrogens with zero attached hydrogens (tertiary/aromatic N) is 2. The highest BCUT2D eigenvalue weighted by Gasteiger charge is 2.29. The van der Waals surface area contributed by atoms with Crippen LogP contribution < -0.4 is 5.73 Å². The lowest BCUT2D eigenvalue weighted by atomic mass is 10.3. The molecule has 10 heteroatoms. The standard InChI is InChI=1S/C11H14BrClFN3O3S/c1-16(2)8(18)5-17(3)21(19,20)7-4-6(13)9(12)11(15)10(7)14/h4H,5,15H2,1-3H3. The Hall–Kier alpha value is -0.900. The fourth-order valence-electron chi connectivity index (χ4n) is 1.37. The number of halogens is 3. The quantitative estimate of drug-likeness (QED) is 0.611. The molecule has 0 saturated heterocycles. The van der Waals surface area contributed by atoms with Gasteiger partial charge in [-0.25, -0.2) is 12.8 Å². The number of carbonyl (C=O) groups excluding carboxylic acids is 1. The second-order valence-corrected chi connectivity index (χ2v) is 7.66. The maximum atomic E-state index is 14.1. The Kier molecular flexibility index (Phi) is 5.59. The van der Waals surface area contributed by atoms with E-state index < -0.39 is 38.9 Å². The van der Waals surface area contributed by atoms with Crippen LogP contribution in [0.5, 0.6) is 0 Å². The van der Waals surface area contributed by atoms with E-state index in [1.807, 2.05) is 0 Å². The Morgan fingerprint density at radius 1 is 1.43 bits per heavy atom. The summed E-state index contributed by atoms with van der Waals surface area (Å²) in [7, 11) is -0.0975. The summed E-state index contributed by atoms with van der Waals surface area (Å²) in [5.41, 5.74) is 5.06. The second kappa shape index (κ2) is 6.47. The van der Waals surface area contributed by atoms with Crippen molar-refractivity contribution in [1.82, 2.24) is 9.21 Å². The van der Waals surface area contributed by atoms with Crippen molar-refractivity contribution in [3.05, 3.63) is 21.4 Å². The normalized spacial score (nSPS) is 11.8. The topological polar surface area (TPSA) is 83.7 Å². The summed E-state index contributed by atoms with van der Waals surface area (Å²) in [6.45, 7) is -0.428. The monoisotopic (exact) mass is 401 g/mol. The number of nitrogen functional groups attached to an aromatic ring is 1. The van der Waals surface area contributed by atoms with Gasteiger partial charge in [-0.05, 0) is 22.0 Å². The van der Waals surface area contributed by atoms with Gasteiger partial charge in [0.2, 0.25) is 15.9 Å². The van der Waals surface area contributed by atoms with Gasteiger partial charge < -0.3 is 10.6 Å². The molecule has 0 aliphatic carbocycles. The first-order valence-corrected chi connectivity index (χ1v) is 8.20. The van der Waals surface area contributed by atoms with Gasteiger partial charge in [-0.3, -0.25) is 4.79 Å². The van der Waals surface area contributed by atoms with E-state index in [1.165, 1.54) is 26.0 Å². The molecule has 1 amide bonds. The van der Waals surface area contributed by atoms with Gasteiger partial charge in [0.1, 0.15) is 4.90 Å². The van der Waals surface area contributed by atoms with Crippen LogP contribution in [0.15, 0.2) is 15.4 Å². The average molecular weight is 403 g/mol. The van der Waals surface area contributed by atoms with Gasteiger partial charge in [0.25, 0.3) is 0 Å². The van der Waals surface area contributed by atoms with Gasteiger partial charge in [0.05, 0.1) is 21.7 Å². The third-order valence-electron chi connectivity index (χ3n) is 2.70. The minimum Gasteiger partial charge on any atom is -0.395 e. The molecule has 1 aromatic carbocycles. The number of sulfonamides is 1. The summed E-state index contributed by atoms with van der Waals surface area (Å²) in [4.78, 5) is 12.1. The molecular weight excluding hydrogens is 389 g/mol. The third-order valence-corrected chi connectivity index (χ3v) is 5.89. The van der Waals surface area contributed by atoms with Crippen LogP contribution in [0.2, 0.25) is 5.02 Å². The first-order chi connectivity index (χ1) is 9.50. The van der Waals surface area contributed by atoms with Crippen molar-refractivity contribution in [3.8, 4) is 0 Å². The van der Waals surface area contributed by atoms with Crippen molar-refractivity contribution < 1.29 is 17.6 Å². The van der Waals surface area contributed by atoms with E-state index in [1.54, 1.807) is 0 Å². The van der Waals surface area contributed by atoms with Crippen LogP contribution in [0.25, 0.3) is 0 Å². The van der Waals surface area contributed by atoms with Gasteiger partial charge in [-0.1, -0.05) is 11.6 Å². The van der Waals surface area contributed by atoms with E-state index in [4.69, 9.17) is 17.3 Å². The Morgan fingerprint density at radius 3 is 2.43 bits per heavy atom. The van der Waals surface area contributed by atoms with Crippen LogP contribution in [-0.4, -0.2) is 51.2 Å². The lowest BCUT2D eigenvalue weighted by Gasteiger charge is -2.20. The summed E-state index contributed by atoms with van der Waals surface area (Å²) in [5, 5.41) is -0.0418. The first-order valence-electron chi connectivity index (χ1n) is 5.59. The number of benzene rings is 1. The van der Waals surface area contributed by atoms with Crippen molar-refractivity contribution in [2.75, 3.05) is 33.4 Å².